The zero-order valence-corrected chi connectivity index (χ0v) is 12.8. The van der Waals surface area contributed by atoms with E-state index in [1.807, 2.05) is 0 Å². The van der Waals surface area contributed by atoms with Crippen molar-refractivity contribution in [2.24, 2.45) is 0 Å². The van der Waals surface area contributed by atoms with Crippen LogP contribution in [0.25, 0.3) is 10.8 Å². The van der Waals surface area contributed by atoms with Crippen LogP contribution < -0.4 is 3.58 Å². The van der Waals surface area contributed by atoms with Crippen LogP contribution >= 0.6 is 0 Å². The first kappa shape index (κ1) is 11.0. The predicted octanol–water partition coefficient (Wildman–Crippen LogP) is 3.69. The minimum atomic E-state index is -1.89. The van der Waals surface area contributed by atoms with Crippen LogP contribution in [0.3, 0.4) is 0 Å². The van der Waals surface area contributed by atoms with Gasteiger partial charge in [0.2, 0.25) is 0 Å². The topological polar surface area (TPSA) is 0 Å². The van der Waals surface area contributed by atoms with Crippen molar-refractivity contribution in [2.75, 3.05) is 0 Å². The van der Waals surface area contributed by atoms with Crippen LogP contribution in [-0.4, -0.2) is 18.4 Å². The number of rotatable bonds is 1. The molecule has 2 aromatic carbocycles. The second-order valence-electron chi connectivity index (χ2n) is 5.32. The SMILES string of the molecule is Cc1ccc2cc[c]([Sn]([CH3])([CH3])[CH3])cc2c1. The zero-order chi connectivity index (χ0) is 11.1. The maximum atomic E-state index is 2.46. The van der Waals surface area contributed by atoms with Crippen molar-refractivity contribution in [3.05, 3.63) is 42.0 Å². The predicted molar refractivity (Wildman–Crippen MR) is 71.7 cm³/mol. The Kier molecular flexibility index (Phi) is 2.80. The van der Waals surface area contributed by atoms with E-state index in [0.29, 0.717) is 0 Å². The van der Waals surface area contributed by atoms with E-state index in [0.717, 1.165) is 0 Å². The molecule has 0 nitrogen and oxygen atoms in total. The Morgan fingerprint density at radius 3 is 2.13 bits per heavy atom. The average molecular weight is 305 g/mol. The van der Waals surface area contributed by atoms with Gasteiger partial charge in [0.1, 0.15) is 0 Å². The van der Waals surface area contributed by atoms with Gasteiger partial charge in [-0.1, -0.05) is 0 Å². The second-order valence-corrected chi connectivity index (χ2v) is 19.8. The summed E-state index contributed by atoms with van der Waals surface area (Å²) in [7, 11) is 0. The molecule has 0 aliphatic rings. The fraction of sp³-hybridized carbons (Fsp3) is 0.286. The summed E-state index contributed by atoms with van der Waals surface area (Å²) < 4.78 is 1.61. The van der Waals surface area contributed by atoms with Gasteiger partial charge in [0, 0.05) is 0 Å². The van der Waals surface area contributed by atoms with Crippen LogP contribution in [0.15, 0.2) is 36.4 Å². The van der Waals surface area contributed by atoms with E-state index < -0.39 is 18.4 Å². The molecule has 0 unspecified atom stereocenters. The van der Waals surface area contributed by atoms with E-state index >= 15 is 0 Å². The van der Waals surface area contributed by atoms with Gasteiger partial charge >= 0.3 is 96.4 Å². The van der Waals surface area contributed by atoms with E-state index in [4.69, 9.17) is 0 Å². The molecule has 0 atom stereocenters. The third-order valence-electron chi connectivity index (χ3n) is 2.86. The molecule has 2 rings (SSSR count). The van der Waals surface area contributed by atoms with Crippen LogP contribution in [-0.2, 0) is 0 Å². The summed E-state index contributed by atoms with van der Waals surface area (Å²) in [6.07, 6.45) is 0. The Bertz CT molecular complexity index is 492. The van der Waals surface area contributed by atoms with Crippen molar-refractivity contribution >= 4 is 32.7 Å². The molecule has 1 heteroatoms. The first-order chi connectivity index (χ1) is 6.97. The van der Waals surface area contributed by atoms with Crippen molar-refractivity contribution in [2.45, 2.75) is 21.7 Å². The Morgan fingerprint density at radius 2 is 1.47 bits per heavy atom. The Hall–Kier alpha value is -0.501. The number of hydrogen-bond donors (Lipinski definition) is 0. The van der Waals surface area contributed by atoms with E-state index in [1.54, 1.807) is 3.58 Å². The summed E-state index contributed by atoms with van der Waals surface area (Å²) in [5, 5.41) is 2.76. The molecular formula is C14H18Sn. The van der Waals surface area contributed by atoms with Gasteiger partial charge in [0.15, 0.2) is 0 Å². The molecule has 2 aromatic rings. The molecule has 0 radical (unpaired) electrons. The molecule has 15 heavy (non-hydrogen) atoms. The summed E-state index contributed by atoms with van der Waals surface area (Å²) in [5.74, 6) is 0. The van der Waals surface area contributed by atoms with Crippen LogP contribution in [0.5, 0.6) is 0 Å². The average Bonchev–Trinajstić information content (AvgIpc) is 2.15. The van der Waals surface area contributed by atoms with Crippen LogP contribution in [0.1, 0.15) is 5.56 Å². The van der Waals surface area contributed by atoms with E-state index in [9.17, 15) is 0 Å². The van der Waals surface area contributed by atoms with Crippen molar-refractivity contribution in [1.82, 2.24) is 0 Å². The number of hydrogen-bond acceptors (Lipinski definition) is 0. The molecule has 0 bridgehead atoms. The first-order valence-corrected chi connectivity index (χ1v) is 15.5. The first-order valence-electron chi connectivity index (χ1n) is 5.48. The minimum absolute atomic E-state index is 1.35. The van der Waals surface area contributed by atoms with E-state index in [2.05, 4.69) is 58.1 Å². The van der Waals surface area contributed by atoms with Crippen molar-refractivity contribution in [3.8, 4) is 0 Å². The summed E-state index contributed by atoms with van der Waals surface area (Å²) in [4.78, 5) is 7.39. The summed E-state index contributed by atoms with van der Waals surface area (Å²) in [6, 6.07) is 13.7. The molecule has 78 valence electrons. The van der Waals surface area contributed by atoms with Gasteiger partial charge in [0.25, 0.3) is 0 Å². The van der Waals surface area contributed by atoms with Gasteiger partial charge in [0.05, 0.1) is 0 Å². The van der Waals surface area contributed by atoms with Gasteiger partial charge in [-0.05, 0) is 0 Å². The van der Waals surface area contributed by atoms with Crippen LogP contribution in [0.4, 0.5) is 0 Å². The standard InChI is InChI=1S/C11H9.3CH3.Sn/c1-9-6-7-10-4-2-3-5-11(10)8-9;;;;/h2,4-8H,1H3;3*1H3;. The third kappa shape index (κ3) is 2.36. The zero-order valence-electron chi connectivity index (χ0n) is 9.96. The van der Waals surface area contributed by atoms with Crippen molar-refractivity contribution in [3.63, 3.8) is 0 Å². The molecule has 0 heterocycles. The molecule has 0 amide bonds. The fourth-order valence-corrected chi connectivity index (χ4v) is 5.18. The van der Waals surface area contributed by atoms with Gasteiger partial charge in [-0.2, -0.15) is 0 Å². The molecule has 0 aliphatic heterocycles. The Labute approximate surface area is 96.2 Å². The molecule has 0 aromatic heterocycles. The Balaban J connectivity index is 2.64. The van der Waals surface area contributed by atoms with E-state index in [1.165, 1.54) is 16.3 Å². The summed E-state index contributed by atoms with van der Waals surface area (Å²) >= 11 is -1.89. The van der Waals surface area contributed by atoms with Crippen molar-refractivity contribution < 1.29 is 0 Å². The molecule has 0 saturated carbocycles. The van der Waals surface area contributed by atoms with Gasteiger partial charge in [-0.3, -0.25) is 0 Å². The van der Waals surface area contributed by atoms with Crippen molar-refractivity contribution in [1.29, 1.82) is 0 Å². The van der Waals surface area contributed by atoms with Crippen LogP contribution in [0, 0.1) is 6.92 Å². The number of fused-ring (bicyclic) bond motifs is 1. The van der Waals surface area contributed by atoms with Gasteiger partial charge in [-0.15, -0.1) is 0 Å². The third-order valence-corrected chi connectivity index (χ3v) is 8.69. The number of benzene rings is 2. The normalized spacial score (nSPS) is 12.0. The van der Waals surface area contributed by atoms with Crippen LogP contribution in [0.2, 0.25) is 14.8 Å². The Morgan fingerprint density at radius 1 is 0.800 bits per heavy atom. The summed E-state index contributed by atoms with van der Waals surface area (Å²) in [6.45, 7) is 2.16. The molecule has 0 N–H and O–H groups in total. The molecule has 0 saturated heterocycles. The second kappa shape index (κ2) is 3.82. The van der Waals surface area contributed by atoms with Gasteiger partial charge < -0.3 is 0 Å². The quantitative estimate of drug-likeness (QED) is 0.705. The number of aryl methyl sites for hydroxylation is 1. The molecule has 0 fully saturated rings. The van der Waals surface area contributed by atoms with E-state index in [-0.39, 0.29) is 0 Å². The molecule has 0 spiro atoms. The monoisotopic (exact) mass is 306 g/mol. The maximum absolute atomic E-state index is 2.46. The molecular weight excluding hydrogens is 287 g/mol. The summed E-state index contributed by atoms with van der Waals surface area (Å²) in [5.41, 5.74) is 1.35. The molecule has 0 aliphatic carbocycles. The van der Waals surface area contributed by atoms with Gasteiger partial charge in [-0.25, -0.2) is 0 Å². The fourth-order valence-electron chi connectivity index (χ4n) is 1.83.